The maximum absolute atomic E-state index is 10.5. The van der Waals surface area contributed by atoms with E-state index in [0.29, 0.717) is 11.7 Å². The highest BCUT2D eigenvalue weighted by atomic mass is 16.4. The lowest BCUT2D eigenvalue weighted by atomic mass is 9.55. The van der Waals surface area contributed by atoms with Crippen molar-refractivity contribution >= 4 is 0 Å². The zero-order valence-corrected chi connectivity index (χ0v) is 12.8. The van der Waals surface area contributed by atoms with E-state index in [9.17, 15) is 20.4 Å². The first-order valence-corrected chi connectivity index (χ1v) is 8.29. The Morgan fingerprint density at radius 3 is 2.64 bits per heavy atom. The minimum atomic E-state index is -1.03. The number of rotatable bonds is 0. The number of fused-ring (bicyclic) bond motifs is 5. The van der Waals surface area contributed by atoms with Crippen LogP contribution in [0.3, 0.4) is 0 Å². The van der Waals surface area contributed by atoms with Crippen LogP contribution in [0.25, 0.3) is 0 Å². The number of phenols is 1. The molecule has 0 bridgehead atoms. The molecule has 0 spiro atoms. The van der Waals surface area contributed by atoms with Crippen molar-refractivity contribution in [3.05, 3.63) is 29.3 Å². The second-order valence-electron chi connectivity index (χ2n) is 7.69. The largest absolute Gasteiger partial charge is 0.508 e. The first-order valence-electron chi connectivity index (χ1n) is 8.29. The van der Waals surface area contributed by atoms with Crippen LogP contribution in [0, 0.1) is 17.3 Å². The van der Waals surface area contributed by atoms with Crippen molar-refractivity contribution in [3.8, 4) is 5.75 Å². The van der Waals surface area contributed by atoms with Crippen LogP contribution in [-0.2, 0) is 6.42 Å². The van der Waals surface area contributed by atoms with Gasteiger partial charge in [0, 0.05) is 5.41 Å². The standard InChI is InChI=1S/C18H24O4/c1-18-7-6-12-11-5-3-10(19)8-9(11)2-4-13(12)14(18)15(20)16(21)17(18)22/h3,5,8,12-17,19-22H,2,4,6-7H2,1H3/t12?,13?,14?,15-,16-,17?,18-/m0/s1. The lowest BCUT2D eigenvalue weighted by Crippen LogP contribution is -2.46. The third-order valence-corrected chi connectivity index (χ3v) is 6.72. The second-order valence-corrected chi connectivity index (χ2v) is 7.69. The maximum atomic E-state index is 10.5. The Balaban J connectivity index is 1.74. The molecule has 0 aliphatic heterocycles. The molecule has 0 radical (unpaired) electrons. The summed E-state index contributed by atoms with van der Waals surface area (Å²) in [6, 6.07) is 5.61. The summed E-state index contributed by atoms with van der Waals surface area (Å²) in [4.78, 5) is 0. The van der Waals surface area contributed by atoms with Crippen LogP contribution in [0.5, 0.6) is 5.75 Å². The Bertz CT molecular complexity index is 601. The average molecular weight is 304 g/mol. The van der Waals surface area contributed by atoms with Gasteiger partial charge in [-0.05, 0) is 66.7 Å². The number of phenolic OH excluding ortho intramolecular Hbond substituents is 1. The number of aliphatic hydroxyl groups excluding tert-OH is 3. The van der Waals surface area contributed by atoms with Crippen molar-refractivity contribution in [2.24, 2.45) is 17.3 Å². The Morgan fingerprint density at radius 1 is 1.09 bits per heavy atom. The molecular formula is C18H24O4. The number of aromatic hydroxyl groups is 1. The molecule has 2 saturated carbocycles. The van der Waals surface area contributed by atoms with Gasteiger partial charge in [-0.25, -0.2) is 0 Å². The van der Waals surface area contributed by atoms with Crippen molar-refractivity contribution in [1.29, 1.82) is 0 Å². The van der Waals surface area contributed by atoms with Gasteiger partial charge >= 0.3 is 0 Å². The van der Waals surface area contributed by atoms with E-state index in [4.69, 9.17) is 0 Å². The molecule has 22 heavy (non-hydrogen) atoms. The Hall–Kier alpha value is -1.10. The summed E-state index contributed by atoms with van der Waals surface area (Å²) < 4.78 is 0. The highest BCUT2D eigenvalue weighted by Gasteiger charge is 2.62. The monoisotopic (exact) mass is 304 g/mol. The molecule has 4 rings (SSSR count). The lowest BCUT2D eigenvalue weighted by molar-refractivity contribution is -0.0505. The zero-order chi connectivity index (χ0) is 15.6. The maximum Gasteiger partial charge on any atom is 0.115 e. The van der Waals surface area contributed by atoms with Gasteiger partial charge in [0.2, 0.25) is 0 Å². The average Bonchev–Trinajstić information content (AvgIpc) is 2.68. The minimum Gasteiger partial charge on any atom is -0.508 e. The summed E-state index contributed by atoms with van der Waals surface area (Å²) in [5.41, 5.74) is 2.09. The van der Waals surface area contributed by atoms with Crippen molar-refractivity contribution in [3.63, 3.8) is 0 Å². The van der Waals surface area contributed by atoms with Crippen LogP contribution in [-0.4, -0.2) is 38.7 Å². The summed E-state index contributed by atoms with van der Waals surface area (Å²) in [5.74, 6) is 0.898. The normalized spacial score (nSPS) is 46.7. The highest BCUT2D eigenvalue weighted by Crippen LogP contribution is 2.60. The second kappa shape index (κ2) is 4.70. The molecule has 4 unspecified atom stereocenters. The predicted octanol–water partition coefficient (Wildman–Crippen LogP) is 1.55. The van der Waals surface area contributed by atoms with Crippen LogP contribution in [0.15, 0.2) is 18.2 Å². The molecule has 7 atom stereocenters. The van der Waals surface area contributed by atoms with Crippen LogP contribution >= 0.6 is 0 Å². The third-order valence-electron chi connectivity index (χ3n) is 6.72. The topological polar surface area (TPSA) is 80.9 Å². The number of hydrogen-bond acceptors (Lipinski definition) is 4. The summed E-state index contributed by atoms with van der Waals surface area (Å²) in [6.07, 6.45) is 0.894. The van der Waals surface area contributed by atoms with Crippen LogP contribution in [0.2, 0.25) is 0 Å². The van der Waals surface area contributed by atoms with Crippen molar-refractivity contribution in [2.45, 2.75) is 56.8 Å². The fourth-order valence-corrected chi connectivity index (χ4v) is 5.62. The first kappa shape index (κ1) is 14.5. The summed E-state index contributed by atoms with van der Waals surface area (Å²) in [7, 11) is 0. The molecule has 4 heteroatoms. The van der Waals surface area contributed by atoms with Crippen LogP contribution < -0.4 is 0 Å². The third kappa shape index (κ3) is 1.75. The summed E-state index contributed by atoms with van der Waals surface area (Å²) in [6.45, 7) is 2.02. The van der Waals surface area contributed by atoms with Crippen molar-refractivity contribution in [1.82, 2.24) is 0 Å². The first-order chi connectivity index (χ1) is 10.4. The molecule has 3 aliphatic rings. The van der Waals surface area contributed by atoms with Crippen LogP contribution in [0.1, 0.15) is 43.2 Å². The smallest absolute Gasteiger partial charge is 0.115 e. The molecule has 0 amide bonds. The minimum absolute atomic E-state index is 0.0572. The number of aryl methyl sites for hydroxylation is 1. The Labute approximate surface area is 130 Å². The van der Waals surface area contributed by atoms with Gasteiger partial charge in [0.1, 0.15) is 11.9 Å². The van der Waals surface area contributed by atoms with Gasteiger partial charge in [-0.2, -0.15) is 0 Å². The molecule has 0 heterocycles. The number of benzene rings is 1. The summed E-state index contributed by atoms with van der Waals surface area (Å²) >= 11 is 0. The molecule has 0 saturated heterocycles. The fourth-order valence-electron chi connectivity index (χ4n) is 5.62. The van der Waals surface area contributed by atoms with E-state index in [1.807, 2.05) is 19.1 Å². The quantitative estimate of drug-likeness (QED) is 0.586. The van der Waals surface area contributed by atoms with E-state index in [1.54, 1.807) is 6.07 Å². The highest BCUT2D eigenvalue weighted by molar-refractivity contribution is 5.40. The Kier molecular flexibility index (Phi) is 3.09. The van der Waals surface area contributed by atoms with Gasteiger partial charge in [0.25, 0.3) is 0 Å². The van der Waals surface area contributed by atoms with Gasteiger partial charge < -0.3 is 20.4 Å². The van der Waals surface area contributed by atoms with Gasteiger partial charge in [-0.3, -0.25) is 0 Å². The van der Waals surface area contributed by atoms with E-state index in [0.717, 1.165) is 25.7 Å². The number of hydrogen-bond donors (Lipinski definition) is 4. The molecular weight excluding hydrogens is 280 g/mol. The number of aliphatic hydroxyl groups is 3. The molecule has 4 N–H and O–H groups in total. The molecule has 2 fully saturated rings. The van der Waals surface area contributed by atoms with Gasteiger partial charge in [0.15, 0.2) is 0 Å². The Morgan fingerprint density at radius 2 is 1.86 bits per heavy atom. The molecule has 0 aromatic heterocycles. The zero-order valence-electron chi connectivity index (χ0n) is 12.8. The molecule has 1 aromatic rings. The molecule has 3 aliphatic carbocycles. The molecule has 4 nitrogen and oxygen atoms in total. The fraction of sp³-hybridized carbons (Fsp3) is 0.667. The predicted molar refractivity (Wildman–Crippen MR) is 81.5 cm³/mol. The molecule has 120 valence electrons. The van der Waals surface area contributed by atoms with E-state index in [-0.39, 0.29) is 11.8 Å². The van der Waals surface area contributed by atoms with Gasteiger partial charge in [-0.15, -0.1) is 0 Å². The lowest BCUT2D eigenvalue weighted by Gasteiger charge is -2.50. The molecule has 1 aromatic carbocycles. The van der Waals surface area contributed by atoms with Gasteiger partial charge in [0.05, 0.1) is 12.2 Å². The summed E-state index contributed by atoms with van der Waals surface area (Å²) in [5, 5.41) is 40.7. The van der Waals surface area contributed by atoms with E-state index >= 15 is 0 Å². The van der Waals surface area contributed by atoms with E-state index in [2.05, 4.69) is 0 Å². The SMILES string of the molecule is C[C@]12CCC3c4ccc(O)cc4CCC3C1[C@H](O)[C@H](O)C2O. The van der Waals surface area contributed by atoms with Gasteiger partial charge in [-0.1, -0.05) is 13.0 Å². The van der Waals surface area contributed by atoms with Crippen molar-refractivity contribution in [2.75, 3.05) is 0 Å². The van der Waals surface area contributed by atoms with Crippen molar-refractivity contribution < 1.29 is 20.4 Å². The van der Waals surface area contributed by atoms with Crippen LogP contribution in [0.4, 0.5) is 0 Å². The van der Waals surface area contributed by atoms with E-state index < -0.39 is 23.7 Å². The van der Waals surface area contributed by atoms with E-state index in [1.165, 1.54) is 11.1 Å².